The van der Waals surface area contributed by atoms with E-state index in [1.807, 2.05) is 60.0 Å². The van der Waals surface area contributed by atoms with Crippen LogP contribution in [-0.2, 0) is 6.54 Å². The Hall–Kier alpha value is -5.05. The largest absolute Gasteiger partial charge is 0.387 e. The second-order valence-electron chi connectivity index (χ2n) is 8.66. The van der Waals surface area contributed by atoms with E-state index in [0.29, 0.717) is 35.3 Å². The zero-order valence-electron chi connectivity index (χ0n) is 20.5. The SMILES string of the molecule is CC(N)=Nc1cccc(C(=O)NCc2ccc(-n3c(-c4cccnc4N)nc4ccc(C)nc43)cc2)c1. The molecular weight excluding hydrogens is 464 g/mol. The van der Waals surface area contributed by atoms with E-state index >= 15 is 0 Å². The lowest BCUT2D eigenvalue weighted by Crippen LogP contribution is -2.22. The average Bonchev–Trinajstić information content (AvgIpc) is 3.26. The summed E-state index contributed by atoms with van der Waals surface area (Å²) in [7, 11) is 0. The van der Waals surface area contributed by atoms with Crippen molar-refractivity contribution in [2.45, 2.75) is 20.4 Å². The molecule has 2 aromatic carbocycles. The molecule has 184 valence electrons. The molecule has 9 heteroatoms. The van der Waals surface area contributed by atoms with Crippen LogP contribution < -0.4 is 16.8 Å². The van der Waals surface area contributed by atoms with E-state index in [1.54, 1.807) is 37.4 Å². The van der Waals surface area contributed by atoms with Crippen LogP contribution in [0.25, 0.3) is 28.2 Å². The molecule has 9 nitrogen and oxygen atoms in total. The Labute approximate surface area is 213 Å². The molecule has 0 saturated heterocycles. The highest BCUT2D eigenvalue weighted by molar-refractivity contribution is 5.95. The first-order valence-corrected chi connectivity index (χ1v) is 11.7. The van der Waals surface area contributed by atoms with Crippen LogP contribution in [0.5, 0.6) is 0 Å². The Morgan fingerprint density at radius 2 is 1.84 bits per heavy atom. The molecule has 37 heavy (non-hydrogen) atoms. The molecule has 5 rings (SSSR count). The highest BCUT2D eigenvalue weighted by atomic mass is 16.1. The number of imidazole rings is 1. The van der Waals surface area contributed by atoms with Gasteiger partial charge in [0.2, 0.25) is 0 Å². The highest BCUT2D eigenvalue weighted by Gasteiger charge is 2.18. The van der Waals surface area contributed by atoms with Gasteiger partial charge in [0.25, 0.3) is 5.91 Å². The predicted octanol–water partition coefficient (Wildman–Crippen LogP) is 4.31. The van der Waals surface area contributed by atoms with E-state index in [-0.39, 0.29) is 5.91 Å². The number of aryl methyl sites for hydroxylation is 1. The third kappa shape index (κ3) is 5.01. The minimum Gasteiger partial charge on any atom is -0.387 e. The number of benzene rings is 2. The zero-order chi connectivity index (χ0) is 25.9. The van der Waals surface area contributed by atoms with Crippen LogP contribution in [0.15, 0.2) is 84.0 Å². The molecule has 0 aliphatic heterocycles. The highest BCUT2D eigenvalue weighted by Crippen LogP contribution is 2.30. The van der Waals surface area contributed by atoms with Crippen molar-refractivity contribution in [3.63, 3.8) is 0 Å². The van der Waals surface area contributed by atoms with Gasteiger partial charge < -0.3 is 16.8 Å². The number of amidine groups is 1. The lowest BCUT2D eigenvalue weighted by atomic mass is 10.1. The van der Waals surface area contributed by atoms with Crippen molar-refractivity contribution < 1.29 is 4.79 Å². The number of aliphatic imine (C=N–C) groups is 1. The Morgan fingerprint density at radius 1 is 1.03 bits per heavy atom. The molecule has 0 fully saturated rings. The lowest BCUT2D eigenvalue weighted by molar-refractivity contribution is 0.0951. The molecule has 0 unspecified atom stereocenters. The zero-order valence-corrected chi connectivity index (χ0v) is 20.5. The third-order valence-electron chi connectivity index (χ3n) is 5.78. The molecule has 5 N–H and O–H groups in total. The minimum absolute atomic E-state index is 0.189. The minimum atomic E-state index is -0.189. The monoisotopic (exact) mass is 490 g/mol. The van der Waals surface area contributed by atoms with E-state index in [4.69, 9.17) is 21.4 Å². The molecule has 3 heterocycles. The van der Waals surface area contributed by atoms with Crippen molar-refractivity contribution in [2.75, 3.05) is 5.73 Å². The average molecular weight is 491 g/mol. The van der Waals surface area contributed by atoms with Gasteiger partial charge in [0.15, 0.2) is 11.5 Å². The van der Waals surface area contributed by atoms with Gasteiger partial charge in [-0.3, -0.25) is 9.36 Å². The van der Waals surface area contributed by atoms with E-state index in [1.165, 1.54) is 0 Å². The molecule has 0 aliphatic carbocycles. The number of carbonyl (C=O) groups is 1. The Bertz CT molecular complexity index is 1630. The number of aromatic nitrogens is 4. The Kier molecular flexibility index (Phi) is 6.34. The van der Waals surface area contributed by atoms with Gasteiger partial charge in [0.1, 0.15) is 11.3 Å². The molecule has 1 amide bonds. The second-order valence-corrected chi connectivity index (χ2v) is 8.66. The molecule has 0 saturated carbocycles. The van der Waals surface area contributed by atoms with Gasteiger partial charge >= 0.3 is 0 Å². The summed E-state index contributed by atoms with van der Waals surface area (Å²) in [6.45, 7) is 4.02. The molecule has 0 atom stereocenters. The maximum Gasteiger partial charge on any atom is 0.251 e. The number of hydrogen-bond acceptors (Lipinski definition) is 6. The third-order valence-corrected chi connectivity index (χ3v) is 5.78. The summed E-state index contributed by atoms with van der Waals surface area (Å²) < 4.78 is 1.98. The van der Waals surface area contributed by atoms with Gasteiger partial charge in [0.05, 0.1) is 17.1 Å². The number of nitrogens with zero attached hydrogens (tertiary/aromatic N) is 5. The first-order valence-electron chi connectivity index (χ1n) is 11.7. The molecular formula is C28H26N8O. The van der Waals surface area contributed by atoms with Crippen LogP contribution in [0.2, 0.25) is 0 Å². The summed E-state index contributed by atoms with van der Waals surface area (Å²) in [4.78, 5) is 30.7. The first-order chi connectivity index (χ1) is 17.9. The van der Waals surface area contributed by atoms with Crippen molar-refractivity contribution in [2.24, 2.45) is 10.7 Å². The number of anilines is 1. The number of nitrogens with two attached hydrogens (primary N) is 2. The van der Waals surface area contributed by atoms with Gasteiger partial charge in [-0.2, -0.15) is 0 Å². The summed E-state index contributed by atoms with van der Waals surface area (Å²) in [5.41, 5.74) is 17.9. The van der Waals surface area contributed by atoms with E-state index in [0.717, 1.165) is 33.7 Å². The number of nitrogens with one attached hydrogen (secondary N) is 1. The van der Waals surface area contributed by atoms with Crippen molar-refractivity contribution in [3.8, 4) is 17.1 Å². The van der Waals surface area contributed by atoms with E-state index in [2.05, 4.69) is 15.3 Å². The summed E-state index contributed by atoms with van der Waals surface area (Å²) in [6.07, 6.45) is 1.65. The molecule has 3 aromatic heterocycles. The van der Waals surface area contributed by atoms with Crippen molar-refractivity contribution in [3.05, 3.63) is 95.8 Å². The molecule has 0 bridgehead atoms. The maximum atomic E-state index is 12.7. The first kappa shape index (κ1) is 23.7. The van der Waals surface area contributed by atoms with Gasteiger partial charge in [-0.1, -0.05) is 18.2 Å². The van der Waals surface area contributed by atoms with E-state index < -0.39 is 0 Å². The number of amides is 1. The fraction of sp³-hybridized carbons (Fsp3) is 0.107. The predicted molar refractivity (Wildman–Crippen MR) is 146 cm³/mol. The smallest absolute Gasteiger partial charge is 0.251 e. The number of fused-ring (bicyclic) bond motifs is 1. The van der Waals surface area contributed by atoms with Crippen LogP contribution in [-0.4, -0.2) is 31.3 Å². The number of rotatable bonds is 6. The van der Waals surface area contributed by atoms with Crippen LogP contribution >= 0.6 is 0 Å². The standard InChI is InChI=1S/C28H26N8O/c1-17-8-13-24-27(33-17)36(26(35-24)23-7-4-14-31-25(23)30)22-11-9-19(10-12-22)16-32-28(37)20-5-3-6-21(15-20)34-18(2)29/h3-15H,16H2,1-2H3,(H2,29,34)(H2,30,31)(H,32,37). The lowest BCUT2D eigenvalue weighted by Gasteiger charge is -2.12. The fourth-order valence-corrected chi connectivity index (χ4v) is 4.05. The quantitative estimate of drug-likeness (QED) is 0.240. The Balaban J connectivity index is 1.42. The van der Waals surface area contributed by atoms with Crippen molar-refractivity contribution in [1.82, 2.24) is 24.8 Å². The Morgan fingerprint density at radius 3 is 2.59 bits per heavy atom. The molecule has 5 aromatic rings. The number of hydrogen-bond donors (Lipinski definition) is 3. The van der Waals surface area contributed by atoms with Crippen molar-refractivity contribution >= 4 is 34.4 Å². The second kappa shape index (κ2) is 9.90. The summed E-state index contributed by atoms with van der Waals surface area (Å²) >= 11 is 0. The van der Waals surface area contributed by atoms with Crippen LogP contribution in [0, 0.1) is 6.92 Å². The van der Waals surface area contributed by atoms with Gasteiger partial charge in [-0.25, -0.2) is 19.9 Å². The van der Waals surface area contributed by atoms with Crippen LogP contribution in [0.3, 0.4) is 0 Å². The molecule has 0 spiro atoms. The summed E-state index contributed by atoms with van der Waals surface area (Å²) in [5.74, 6) is 1.30. The molecule has 0 radical (unpaired) electrons. The maximum absolute atomic E-state index is 12.7. The van der Waals surface area contributed by atoms with Crippen molar-refractivity contribution in [1.29, 1.82) is 0 Å². The van der Waals surface area contributed by atoms with Gasteiger partial charge in [-0.15, -0.1) is 0 Å². The number of carbonyl (C=O) groups excluding carboxylic acids is 1. The topological polar surface area (TPSA) is 137 Å². The van der Waals surface area contributed by atoms with Gasteiger partial charge in [0, 0.05) is 29.7 Å². The molecule has 0 aliphatic rings. The fourth-order valence-electron chi connectivity index (χ4n) is 4.05. The summed E-state index contributed by atoms with van der Waals surface area (Å²) in [5, 5.41) is 2.96. The van der Waals surface area contributed by atoms with E-state index in [9.17, 15) is 4.79 Å². The van der Waals surface area contributed by atoms with Gasteiger partial charge in [-0.05, 0) is 74.0 Å². The van der Waals surface area contributed by atoms with Crippen LogP contribution in [0.1, 0.15) is 28.5 Å². The normalized spacial score (nSPS) is 11.6. The number of nitrogen functional groups attached to an aromatic ring is 1. The number of pyridine rings is 2. The summed E-state index contributed by atoms with van der Waals surface area (Å²) in [6, 6.07) is 22.5. The van der Waals surface area contributed by atoms with Crippen LogP contribution in [0.4, 0.5) is 11.5 Å².